The van der Waals surface area contributed by atoms with Crippen molar-refractivity contribution in [3.63, 3.8) is 0 Å². The molecule has 6 atom stereocenters. The Morgan fingerprint density at radius 2 is 1.65 bits per heavy atom. The summed E-state index contributed by atoms with van der Waals surface area (Å²) in [4.78, 5) is 23.1. The van der Waals surface area contributed by atoms with Gasteiger partial charge in [-0.1, -0.05) is 30.3 Å². The molecule has 2 heterocycles. The molecule has 0 amide bonds. The first-order valence-corrected chi connectivity index (χ1v) is 8.34. The lowest BCUT2D eigenvalue weighted by Gasteiger charge is -2.47. The number of rotatable bonds is 4. The van der Waals surface area contributed by atoms with Crippen LogP contribution < -0.4 is 0 Å². The van der Waals surface area contributed by atoms with E-state index in [1.807, 2.05) is 30.3 Å². The molecule has 2 fully saturated rings. The molecule has 3 rings (SSSR count). The molecule has 26 heavy (non-hydrogen) atoms. The van der Waals surface area contributed by atoms with Crippen molar-refractivity contribution < 1.29 is 38.0 Å². The van der Waals surface area contributed by atoms with Gasteiger partial charge >= 0.3 is 11.9 Å². The average molecular weight is 366 g/mol. The van der Waals surface area contributed by atoms with Crippen molar-refractivity contribution in [3.05, 3.63) is 35.9 Å². The summed E-state index contributed by atoms with van der Waals surface area (Å²) < 4.78 is 33.6. The summed E-state index contributed by atoms with van der Waals surface area (Å²) in [5.74, 6) is -1.06. The van der Waals surface area contributed by atoms with Crippen molar-refractivity contribution in [2.75, 3.05) is 13.7 Å². The van der Waals surface area contributed by atoms with E-state index in [1.165, 1.54) is 21.0 Å². The molecule has 142 valence electrons. The maximum Gasteiger partial charge on any atom is 0.303 e. The Labute approximate surface area is 151 Å². The highest BCUT2D eigenvalue weighted by molar-refractivity contribution is 5.67. The molecule has 1 aromatic carbocycles. The maximum absolute atomic E-state index is 11.6. The molecular formula is C18H22O8. The fraction of sp³-hybridized carbons (Fsp3) is 0.556. The summed E-state index contributed by atoms with van der Waals surface area (Å²) in [6.45, 7) is 2.76. The second-order valence-electron chi connectivity index (χ2n) is 6.10. The monoisotopic (exact) mass is 366 g/mol. The number of fused-ring (bicyclic) bond motifs is 1. The second-order valence-corrected chi connectivity index (χ2v) is 6.10. The van der Waals surface area contributed by atoms with Crippen molar-refractivity contribution in [1.29, 1.82) is 0 Å². The minimum Gasteiger partial charge on any atom is -0.455 e. The predicted octanol–water partition coefficient (Wildman–Crippen LogP) is 1.34. The van der Waals surface area contributed by atoms with Crippen LogP contribution in [0.25, 0.3) is 0 Å². The Morgan fingerprint density at radius 3 is 2.27 bits per heavy atom. The fourth-order valence-electron chi connectivity index (χ4n) is 3.16. The third-order valence-corrected chi connectivity index (χ3v) is 4.19. The van der Waals surface area contributed by atoms with Gasteiger partial charge in [0.1, 0.15) is 12.2 Å². The first-order chi connectivity index (χ1) is 12.5. The van der Waals surface area contributed by atoms with Crippen LogP contribution >= 0.6 is 0 Å². The van der Waals surface area contributed by atoms with Gasteiger partial charge in [-0.05, 0) is 0 Å². The van der Waals surface area contributed by atoms with Crippen LogP contribution in [0, 0.1) is 0 Å². The van der Waals surface area contributed by atoms with Crippen molar-refractivity contribution in [1.82, 2.24) is 0 Å². The summed E-state index contributed by atoms with van der Waals surface area (Å²) in [7, 11) is 1.42. The van der Waals surface area contributed by atoms with Crippen molar-refractivity contribution in [2.24, 2.45) is 0 Å². The standard InChI is InChI=1S/C18H22O8/c1-10(19)23-15-14-13(25-18(21-3)16(15)24-11(2)20)9-22-17(26-14)12-7-5-4-6-8-12/h4-8,13-18H,9H2,1-3H3/t13-,14+,15+,16-,17+,18-/m1/s1. The molecule has 1 aromatic rings. The van der Waals surface area contributed by atoms with Gasteiger partial charge in [0.2, 0.25) is 0 Å². The number of benzene rings is 1. The molecule has 0 N–H and O–H groups in total. The van der Waals surface area contributed by atoms with Gasteiger partial charge in [0.05, 0.1) is 6.61 Å². The first-order valence-electron chi connectivity index (χ1n) is 8.34. The number of hydrogen-bond acceptors (Lipinski definition) is 8. The van der Waals surface area contributed by atoms with Crippen LogP contribution in [-0.2, 0) is 38.0 Å². The molecule has 0 spiro atoms. The molecule has 8 nitrogen and oxygen atoms in total. The van der Waals surface area contributed by atoms with Crippen molar-refractivity contribution >= 4 is 11.9 Å². The van der Waals surface area contributed by atoms with Gasteiger partial charge in [-0.15, -0.1) is 0 Å². The smallest absolute Gasteiger partial charge is 0.303 e. The highest BCUT2D eigenvalue weighted by Crippen LogP contribution is 2.36. The Kier molecular flexibility index (Phi) is 5.87. The molecular weight excluding hydrogens is 344 g/mol. The topological polar surface area (TPSA) is 89.5 Å². The number of carbonyl (C=O) groups is 2. The average Bonchev–Trinajstić information content (AvgIpc) is 2.63. The Bertz CT molecular complexity index is 633. The van der Waals surface area contributed by atoms with E-state index >= 15 is 0 Å². The van der Waals surface area contributed by atoms with E-state index in [-0.39, 0.29) is 6.61 Å². The fourth-order valence-corrected chi connectivity index (χ4v) is 3.16. The van der Waals surface area contributed by atoms with Gasteiger partial charge in [0.15, 0.2) is 24.8 Å². The molecule has 0 radical (unpaired) electrons. The van der Waals surface area contributed by atoms with Crippen LogP contribution in [0.2, 0.25) is 0 Å². The molecule has 2 aliphatic rings. The van der Waals surface area contributed by atoms with Gasteiger partial charge in [-0.25, -0.2) is 0 Å². The van der Waals surface area contributed by atoms with E-state index in [0.29, 0.717) is 0 Å². The van der Waals surface area contributed by atoms with E-state index in [0.717, 1.165) is 5.56 Å². The summed E-state index contributed by atoms with van der Waals surface area (Å²) in [5, 5.41) is 0. The van der Waals surface area contributed by atoms with E-state index in [1.54, 1.807) is 0 Å². The number of esters is 2. The zero-order valence-electron chi connectivity index (χ0n) is 14.8. The van der Waals surface area contributed by atoms with Gasteiger partial charge in [0.25, 0.3) is 0 Å². The van der Waals surface area contributed by atoms with Crippen LogP contribution in [0.5, 0.6) is 0 Å². The minimum absolute atomic E-state index is 0.217. The highest BCUT2D eigenvalue weighted by Gasteiger charge is 2.53. The summed E-state index contributed by atoms with van der Waals surface area (Å²) in [6.07, 6.45) is -4.57. The molecule has 2 saturated heterocycles. The largest absolute Gasteiger partial charge is 0.455 e. The maximum atomic E-state index is 11.6. The second kappa shape index (κ2) is 8.13. The van der Waals surface area contributed by atoms with E-state index in [4.69, 9.17) is 28.4 Å². The first kappa shape index (κ1) is 18.8. The van der Waals surface area contributed by atoms with Gasteiger partial charge < -0.3 is 28.4 Å². The van der Waals surface area contributed by atoms with Crippen LogP contribution in [0.4, 0.5) is 0 Å². The molecule has 0 saturated carbocycles. The Morgan fingerprint density at radius 1 is 1.00 bits per heavy atom. The quantitative estimate of drug-likeness (QED) is 0.738. The van der Waals surface area contributed by atoms with Crippen molar-refractivity contribution in [3.8, 4) is 0 Å². The van der Waals surface area contributed by atoms with Crippen LogP contribution in [0.1, 0.15) is 25.7 Å². The molecule has 0 bridgehead atoms. The zero-order valence-corrected chi connectivity index (χ0v) is 14.8. The molecule has 0 unspecified atom stereocenters. The molecule has 0 aliphatic carbocycles. The Hall–Kier alpha value is -2.00. The third-order valence-electron chi connectivity index (χ3n) is 4.19. The normalized spacial score (nSPS) is 33.8. The number of hydrogen-bond donors (Lipinski definition) is 0. The number of ether oxygens (including phenoxy) is 6. The lowest BCUT2D eigenvalue weighted by Crippen LogP contribution is -2.64. The van der Waals surface area contributed by atoms with Gasteiger partial charge in [0, 0.05) is 26.5 Å². The van der Waals surface area contributed by atoms with Crippen LogP contribution in [-0.4, -0.2) is 56.4 Å². The SMILES string of the molecule is CO[C@@H]1O[C@@H]2CO[C@H](c3ccccc3)O[C@@H]2[C@H](OC(C)=O)[C@H]1OC(C)=O. The van der Waals surface area contributed by atoms with E-state index in [2.05, 4.69) is 0 Å². The summed E-state index contributed by atoms with van der Waals surface area (Å²) in [6, 6.07) is 9.38. The molecule has 2 aliphatic heterocycles. The van der Waals surface area contributed by atoms with Crippen LogP contribution in [0.15, 0.2) is 30.3 Å². The van der Waals surface area contributed by atoms with Crippen LogP contribution in [0.3, 0.4) is 0 Å². The van der Waals surface area contributed by atoms with E-state index < -0.39 is 48.9 Å². The van der Waals surface area contributed by atoms with E-state index in [9.17, 15) is 9.59 Å². The Balaban J connectivity index is 1.86. The minimum atomic E-state index is -0.947. The number of methoxy groups -OCH3 is 1. The van der Waals surface area contributed by atoms with Crippen molar-refractivity contribution in [2.45, 2.75) is 50.8 Å². The summed E-state index contributed by atoms with van der Waals surface area (Å²) >= 11 is 0. The van der Waals surface area contributed by atoms with Gasteiger partial charge in [-0.2, -0.15) is 0 Å². The lowest BCUT2D eigenvalue weighted by atomic mass is 9.97. The highest BCUT2D eigenvalue weighted by atomic mass is 16.8. The zero-order chi connectivity index (χ0) is 18.7. The lowest BCUT2D eigenvalue weighted by molar-refractivity contribution is -0.359. The third kappa shape index (κ3) is 4.04. The number of carbonyl (C=O) groups excluding carboxylic acids is 2. The predicted molar refractivity (Wildman–Crippen MR) is 86.8 cm³/mol. The molecule has 0 aromatic heterocycles. The van der Waals surface area contributed by atoms with Gasteiger partial charge in [-0.3, -0.25) is 9.59 Å². The summed E-state index contributed by atoms with van der Waals surface area (Å²) in [5.41, 5.74) is 0.824. The molecule has 8 heteroatoms.